The minimum Gasteiger partial charge on any atom is -0.393 e. The molecule has 1 aliphatic rings. The number of carbonyl (C=O) groups excluding carboxylic acids is 1. The second-order valence-electron chi connectivity index (χ2n) is 5.44. The number of alkyl halides is 3. The van der Waals surface area contributed by atoms with Gasteiger partial charge in [-0.05, 0) is 24.8 Å². The molecule has 2 rings (SSSR count). The fourth-order valence-corrected chi connectivity index (χ4v) is 2.67. The number of carbonyl (C=O) groups is 1. The average molecular weight is 301 g/mol. The number of nitrogens with one attached hydrogen (secondary N) is 1. The van der Waals surface area contributed by atoms with Gasteiger partial charge < -0.3 is 10.4 Å². The Kier molecular flexibility index (Phi) is 4.88. The van der Waals surface area contributed by atoms with Gasteiger partial charge in [0.15, 0.2) is 0 Å². The van der Waals surface area contributed by atoms with E-state index >= 15 is 0 Å². The van der Waals surface area contributed by atoms with Gasteiger partial charge in [0.1, 0.15) is 0 Å². The Hall–Kier alpha value is -1.56. The van der Waals surface area contributed by atoms with Crippen molar-refractivity contribution in [3.8, 4) is 0 Å². The van der Waals surface area contributed by atoms with E-state index in [9.17, 15) is 23.1 Å². The highest BCUT2D eigenvalue weighted by Gasteiger charge is 2.42. The third-order valence-corrected chi connectivity index (χ3v) is 3.76. The lowest BCUT2D eigenvalue weighted by Gasteiger charge is -2.21. The zero-order chi connectivity index (χ0) is 15.5. The van der Waals surface area contributed by atoms with Gasteiger partial charge in [0.25, 0.3) is 0 Å². The van der Waals surface area contributed by atoms with Gasteiger partial charge in [0.05, 0.1) is 12.0 Å². The Morgan fingerprint density at radius 1 is 1.29 bits per heavy atom. The smallest absolute Gasteiger partial charge is 0.393 e. The number of aliphatic hydroxyl groups excluding tert-OH is 1. The van der Waals surface area contributed by atoms with E-state index in [1.54, 1.807) is 6.07 Å². The van der Waals surface area contributed by atoms with Crippen molar-refractivity contribution < 1.29 is 23.1 Å². The largest absolute Gasteiger partial charge is 0.396 e. The molecule has 0 saturated heterocycles. The van der Waals surface area contributed by atoms with Gasteiger partial charge in [-0.3, -0.25) is 4.79 Å². The summed E-state index contributed by atoms with van der Waals surface area (Å²) in [6.07, 6.45) is -3.97. The minimum atomic E-state index is -4.46. The van der Waals surface area contributed by atoms with Crippen molar-refractivity contribution in [3.63, 3.8) is 0 Å². The summed E-state index contributed by atoms with van der Waals surface area (Å²) in [6.45, 7) is 0. The normalized spacial score (nSPS) is 23.8. The second-order valence-corrected chi connectivity index (χ2v) is 5.44. The second kappa shape index (κ2) is 6.47. The van der Waals surface area contributed by atoms with Gasteiger partial charge in [-0.2, -0.15) is 13.2 Å². The van der Waals surface area contributed by atoms with E-state index in [0.717, 1.165) is 0 Å². The molecular formula is C15H18F3NO2. The summed E-state index contributed by atoms with van der Waals surface area (Å²) < 4.78 is 39.4. The molecule has 1 aliphatic carbocycles. The molecular weight excluding hydrogens is 283 g/mol. The van der Waals surface area contributed by atoms with Crippen LogP contribution in [0.1, 0.15) is 37.2 Å². The molecule has 1 saturated carbocycles. The van der Waals surface area contributed by atoms with Crippen LogP contribution in [0.15, 0.2) is 30.3 Å². The molecule has 2 N–H and O–H groups in total. The lowest BCUT2D eigenvalue weighted by molar-refractivity contribution is -0.157. The van der Waals surface area contributed by atoms with E-state index in [1.165, 1.54) is 24.3 Å². The van der Waals surface area contributed by atoms with Gasteiger partial charge in [-0.25, -0.2) is 0 Å². The van der Waals surface area contributed by atoms with Crippen LogP contribution in [0.2, 0.25) is 0 Å². The molecule has 1 aromatic rings. The Labute approximate surface area is 121 Å². The predicted molar refractivity (Wildman–Crippen MR) is 71.6 cm³/mol. The van der Waals surface area contributed by atoms with Crippen LogP contribution in [0.4, 0.5) is 13.2 Å². The molecule has 3 nitrogen and oxygen atoms in total. The van der Waals surface area contributed by atoms with Gasteiger partial charge in [0, 0.05) is 12.5 Å². The molecule has 0 heterocycles. The van der Waals surface area contributed by atoms with Crippen molar-refractivity contribution in [2.24, 2.45) is 0 Å². The molecule has 0 spiro atoms. The first-order valence-corrected chi connectivity index (χ1v) is 6.95. The third-order valence-electron chi connectivity index (χ3n) is 3.76. The zero-order valence-corrected chi connectivity index (χ0v) is 11.4. The van der Waals surface area contributed by atoms with E-state index in [4.69, 9.17) is 0 Å². The Balaban J connectivity index is 2.01. The first-order chi connectivity index (χ1) is 9.86. The summed E-state index contributed by atoms with van der Waals surface area (Å²) in [5, 5.41) is 12.0. The van der Waals surface area contributed by atoms with E-state index in [1.807, 2.05) is 0 Å². The maximum atomic E-state index is 13.1. The first-order valence-electron chi connectivity index (χ1n) is 6.95. The Bertz CT molecular complexity index is 476. The molecule has 0 radical (unpaired) electrons. The first kappa shape index (κ1) is 15.8. The van der Waals surface area contributed by atoms with Crippen molar-refractivity contribution in [1.82, 2.24) is 5.32 Å². The number of rotatable bonds is 4. The predicted octanol–water partition coefficient (Wildman–Crippen LogP) is 2.75. The molecule has 1 amide bonds. The number of hydrogen-bond acceptors (Lipinski definition) is 2. The summed E-state index contributed by atoms with van der Waals surface area (Å²) in [6, 6.07) is 7.22. The van der Waals surface area contributed by atoms with Gasteiger partial charge in [-0.1, -0.05) is 30.3 Å². The summed E-state index contributed by atoms with van der Waals surface area (Å²) in [7, 11) is 0. The molecule has 116 valence electrons. The molecule has 0 aromatic heterocycles. The fraction of sp³-hybridized carbons (Fsp3) is 0.533. The van der Waals surface area contributed by atoms with Crippen molar-refractivity contribution in [2.75, 3.05) is 0 Å². The molecule has 6 heteroatoms. The van der Waals surface area contributed by atoms with E-state index in [-0.39, 0.29) is 11.6 Å². The van der Waals surface area contributed by atoms with Crippen LogP contribution in [0, 0.1) is 0 Å². The molecule has 3 atom stereocenters. The van der Waals surface area contributed by atoms with Crippen LogP contribution in [0.3, 0.4) is 0 Å². The molecule has 0 bridgehead atoms. The number of amides is 1. The fourth-order valence-electron chi connectivity index (χ4n) is 2.67. The maximum absolute atomic E-state index is 13.1. The molecule has 1 aromatic carbocycles. The summed E-state index contributed by atoms with van der Waals surface area (Å²) in [5.41, 5.74) is 0.0895. The van der Waals surface area contributed by atoms with Crippen LogP contribution < -0.4 is 5.32 Å². The van der Waals surface area contributed by atoms with Crippen LogP contribution in [0.5, 0.6) is 0 Å². The van der Waals surface area contributed by atoms with Gasteiger partial charge >= 0.3 is 6.18 Å². The van der Waals surface area contributed by atoms with Crippen molar-refractivity contribution in [1.29, 1.82) is 0 Å². The quantitative estimate of drug-likeness (QED) is 0.898. The van der Waals surface area contributed by atoms with Gasteiger partial charge in [-0.15, -0.1) is 0 Å². The van der Waals surface area contributed by atoms with Crippen LogP contribution in [-0.2, 0) is 4.79 Å². The Morgan fingerprint density at radius 2 is 1.95 bits per heavy atom. The van der Waals surface area contributed by atoms with E-state index in [0.29, 0.717) is 19.3 Å². The SMILES string of the molecule is O=C(C[C@@H](c1ccccc1)C(F)(F)F)N[C@H]1CC[C@@H](O)C1. The lowest BCUT2D eigenvalue weighted by Crippen LogP contribution is -2.36. The molecule has 0 unspecified atom stereocenters. The average Bonchev–Trinajstić information content (AvgIpc) is 2.81. The monoisotopic (exact) mass is 301 g/mol. The molecule has 21 heavy (non-hydrogen) atoms. The number of hydrogen-bond donors (Lipinski definition) is 2. The summed E-state index contributed by atoms with van der Waals surface area (Å²) >= 11 is 0. The summed E-state index contributed by atoms with van der Waals surface area (Å²) in [4.78, 5) is 11.8. The van der Waals surface area contributed by atoms with Crippen LogP contribution >= 0.6 is 0 Å². The van der Waals surface area contributed by atoms with E-state index in [2.05, 4.69) is 5.32 Å². The van der Waals surface area contributed by atoms with Crippen molar-refractivity contribution in [2.45, 2.75) is 49.9 Å². The summed E-state index contributed by atoms with van der Waals surface area (Å²) in [5.74, 6) is -2.43. The highest BCUT2D eigenvalue weighted by atomic mass is 19.4. The number of aliphatic hydroxyl groups is 1. The molecule has 1 fully saturated rings. The highest BCUT2D eigenvalue weighted by molar-refractivity contribution is 5.77. The third kappa shape index (κ3) is 4.46. The number of benzene rings is 1. The minimum absolute atomic E-state index is 0.0895. The van der Waals surface area contributed by atoms with Crippen LogP contribution in [0.25, 0.3) is 0 Å². The van der Waals surface area contributed by atoms with Crippen molar-refractivity contribution in [3.05, 3.63) is 35.9 Å². The Morgan fingerprint density at radius 3 is 2.48 bits per heavy atom. The maximum Gasteiger partial charge on any atom is 0.396 e. The zero-order valence-electron chi connectivity index (χ0n) is 11.4. The van der Waals surface area contributed by atoms with Gasteiger partial charge in [0.2, 0.25) is 5.91 Å². The van der Waals surface area contributed by atoms with Crippen molar-refractivity contribution >= 4 is 5.91 Å². The van der Waals surface area contributed by atoms with Crippen LogP contribution in [-0.4, -0.2) is 29.3 Å². The highest BCUT2D eigenvalue weighted by Crippen LogP contribution is 2.37. The molecule has 0 aliphatic heterocycles. The number of halogens is 3. The lowest BCUT2D eigenvalue weighted by atomic mass is 9.94. The topological polar surface area (TPSA) is 49.3 Å². The standard InChI is InChI=1S/C15H18F3NO2/c16-15(17,18)13(10-4-2-1-3-5-10)9-14(21)19-11-6-7-12(20)8-11/h1-5,11-13,20H,6-9H2,(H,19,21)/t11-,12+,13-/m0/s1. The van der Waals surface area contributed by atoms with E-state index < -0.39 is 30.5 Å².